The Labute approximate surface area is 260 Å². The molecule has 0 radical (unpaired) electrons. The number of imidazole rings is 1. The third-order valence-corrected chi connectivity index (χ3v) is 9.63. The zero-order chi connectivity index (χ0) is 29.5. The summed E-state index contributed by atoms with van der Waals surface area (Å²) >= 11 is 0. The van der Waals surface area contributed by atoms with Gasteiger partial charge in [-0.05, 0) is 75.8 Å². The monoisotopic (exact) mass is 573 g/mol. The van der Waals surface area contributed by atoms with E-state index >= 15 is 0 Å². The molecule has 0 spiro atoms. The predicted molar refractivity (Wildman–Crippen MR) is 185 cm³/mol. The molecular weight excluding hydrogens is 546 g/mol. The Bertz CT molecular complexity index is 2590. The van der Waals surface area contributed by atoms with Crippen LogP contribution in [-0.2, 0) is 0 Å². The third-order valence-electron chi connectivity index (χ3n) is 9.63. The molecule has 0 aliphatic heterocycles. The van der Waals surface area contributed by atoms with Crippen molar-refractivity contribution in [1.82, 2.24) is 14.0 Å². The van der Waals surface area contributed by atoms with Gasteiger partial charge in [0.05, 0.1) is 22.1 Å². The molecule has 9 aromatic rings. The van der Waals surface area contributed by atoms with Crippen LogP contribution < -0.4 is 0 Å². The van der Waals surface area contributed by atoms with Crippen molar-refractivity contribution in [3.8, 4) is 27.9 Å². The lowest BCUT2D eigenvalue weighted by Crippen LogP contribution is -1.99. The molecule has 3 heteroatoms. The summed E-state index contributed by atoms with van der Waals surface area (Å²) < 4.78 is 4.57. The SMILES string of the molecule is c1ccc(-n2c3ccccc3c3c(-c4ccc(C5c6ccccc6-c6c5ccc5c6nc6ccccn65)cc4)cccc32)cc1. The normalized spacial score (nSPS) is 14.0. The highest BCUT2D eigenvalue weighted by atomic mass is 15.0. The van der Waals surface area contributed by atoms with Gasteiger partial charge in [0.1, 0.15) is 5.65 Å². The average Bonchev–Trinajstić information content (AvgIpc) is 3.76. The van der Waals surface area contributed by atoms with Crippen molar-refractivity contribution in [3.05, 3.63) is 175 Å². The first kappa shape index (κ1) is 24.5. The van der Waals surface area contributed by atoms with Gasteiger partial charge in [-0.3, -0.25) is 4.40 Å². The summed E-state index contributed by atoms with van der Waals surface area (Å²) in [5.74, 6) is 0.162. The van der Waals surface area contributed by atoms with E-state index in [9.17, 15) is 0 Å². The second-order valence-electron chi connectivity index (χ2n) is 12.0. The van der Waals surface area contributed by atoms with E-state index in [2.05, 4.69) is 167 Å². The molecule has 3 heterocycles. The molecule has 1 aliphatic carbocycles. The van der Waals surface area contributed by atoms with Crippen LogP contribution >= 0.6 is 0 Å². The van der Waals surface area contributed by atoms with E-state index in [4.69, 9.17) is 4.98 Å². The Morgan fingerprint density at radius 3 is 2.18 bits per heavy atom. The number of nitrogens with zero attached hydrogens (tertiary/aromatic N) is 3. The smallest absolute Gasteiger partial charge is 0.137 e. The Kier molecular flexibility index (Phi) is 5.06. The van der Waals surface area contributed by atoms with Crippen molar-refractivity contribution in [2.45, 2.75) is 5.92 Å². The van der Waals surface area contributed by atoms with Crippen LogP contribution in [0.3, 0.4) is 0 Å². The fraction of sp³-hybridized carbons (Fsp3) is 0.0238. The van der Waals surface area contributed by atoms with Gasteiger partial charge in [-0.25, -0.2) is 4.98 Å². The number of fused-ring (bicyclic) bond motifs is 10. The minimum atomic E-state index is 0.162. The van der Waals surface area contributed by atoms with E-state index in [1.54, 1.807) is 0 Å². The first-order valence-corrected chi connectivity index (χ1v) is 15.5. The zero-order valence-electron chi connectivity index (χ0n) is 24.4. The summed E-state index contributed by atoms with van der Waals surface area (Å²) in [6.07, 6.45) is 2.10. The van der Waals surface area contributed by atoms with E-state index in [0.717, 1.165) is 16.7 Å². The number of rotatable bonds is 3. The standard InChI is InChI=1S/C42H27N3/c1-2-11-29(12-3-1)45-35-17-7-6-15-33(35)40-30(16-10-18-36(40)45)27-20-22-28(23-21-27)39-31-13-4-5-14-32(31)41-34(39)24-25-37-42(41)43-38-19-8-9-26-44(37)38/h1-26,39H. The highest BCUT2D eigenvalue weighted by molar-refractivity contribution is 6.15. The highest BCUT2D eigenvalue weighted by Crippen LogP contribution is 2.50. The van der Waals surface area contributed by atoms with Crippen LogP contribution in [0.4, 0.5) is 0 Å². The van der Waals surface area contributed by atoms with Crippen LogP contribution in [0.1, 0.15) is 22.6 Å². The third kappa shape index (κ3) is 3.44. The summed E-state index contributed by atoms with van der Waals surface area (Å²) in [5, 5.41) is 2.56. The van der Waals surface area contributed by atoms with Crippen molar-refractivity contribution in [2.75, 3.05) is 0 Å². The first-order chi connectivity index (χ1) is 22.3. The summed E-state index contributed by atoms with van der Waals surface area (Å²) in [4.78, 5) is 5.11. The van der Waals surface area contributed by atoms with Crippen LogP contribution in [0, 0.1) is 0 Å². The van der Waals surface area contributed by atoms with E-state index in [-0.39, 0.29) is 5.92 Å². The Hall–Kier alpha value is -5.93. The Morgan fingerprint density at radius 1 is 0.511 bits per heavy atom. The number of hydrogen-bond acceptors (Lipinski definition) is 1. The lowest BCUT2D eigenvalue weighted by atomic mass is 9.88. The molecule has 6 aromatic carbocycles. The topological polar surface area (TPSA) is 22.2 Å². The van der Waals surface area contributed by atoms with Crippen LogP contribution in [0.25, 0.3) is 66.4 Å². The molecule has 210 valence electrons. The fourth-order valence-electron chi connectivity index (χ4n) is 7.74. The quantitative estimate of drug-likeness (QED) is 0.206. The van der Waals surface area contributed by atoms with Gasteiger partial charge in [-0.1, -0.05) is 109 Å². The summed E-state index contributed by atoms with van der Waals surface area (Å²) in [7, 11) is 0. The highest BCUT2D eigenvalue weighted by Gasteiger charge is 2.32. The molecule has 3 nitrogen and oxygen atoms in total. The molecule has 0 amide bonds. The molecule has 1 unspecified atom stereocenters. The largest absolute Gasteiger partial charge is 0.309 e. The number of pyridine rings is 1. The molecule has 0 saturated heterocycles. The number of hydrogen-bond donors (Lipinski definition) is 0. The molecule has 45 heavy (non-hydrogen) atoms. The minimum Gasteiger partial charge on any atom is -0.309 e. The van der Waals surface area contributed by atoms with Crippen molar-refractivity contribution in [3.63, 3.8) is 0 Å². The van der Waals surface area contributed by atoms with Gasteiger partial charge in [0.2, 0.25) is 0 Å². The lowest BCUT2D eigenvalue weighted by Gasteiger charge is -2.15. The molecule has 0 saturated carbocycles. The maximum absolute atomic E-state index is 5.11. The van der Waals surface area contributed by atoms with Crippen molar-refractivity contribution >= 4 is 38.5 Å². The molecule has 0 N–H and O–H groups in total. The molecule has 1 aliphatic rings. The summed E-state index contributed by atoms with van der Waals surface area (Å²) in [6, 6.07) is 55.0. The van der Waals surface area contributed by atoms with Crippen LogP contribution in [0.15, 0.2) is 158 Å². The van der Waals surface area contributed by atoms with Crippen molar-refractivity contribution < 1.29 is 0 Å². The van der Waals surface area contributed by atoms with Crippen molar-refractivity contribution in [1.29, 1.82) is 0 Å². The van der Waals surface area contributed by atoms with Gasteiger partial charge in [0.25, 0.3) is 0 Å². The molecular formula is C42H27N3. The summed E-state index contributed by atoms with van der Waals surface area (Å²) in [6.45, 7) is 0. The average molecular weight is 574 g/mol. The van der Waals surface area contributed by atoms with Gasteiger partial charge >= 0.3 is 0 Å². The Morgan fingerprint density at radius 2 is 1.27 bits per heavy atom. The molecule has 10 rings (SSSR count). The first-order valence-electron chi connectivity index (χ1n) is 15.5. The maximum Gasteiger partial charge on any atom is 0.137 e. The predicted octanol–water partition coefficient (Wildman–Crippen LogP) is 10.4. The van der Waals surface area contributed by atoms with Crippen LogP contribution in [0.2, 0.25) is 0 Å². The molecule has 0 fully saturated rings. The lowest BCUT2D eigenvalue weighted by molar-refractivity contribution is 1.02. The maximum atomic E-state index is 5.11. The van der Waals surface area contributed by atoms with E-state index < -0.39 is 0 Å². The van der Waals surface area contributed by atoms with Gasteiger partial charge < -0.3 is 4.57 Å². The van der Waals surface area contributed by atoms with E-state index in [1.165, 1.54) is 66.4 Å². The van der Waals surface area contributed by atoms with Crippen LogP contribution in [-0.4, -0.2) is 14.0 Å². The molecule has 1 atom stereocenters. The van der Waals surface area contributed by atoms with Gasteiger partial charge in [-0.15, -0.1) is 0 Å². The fourth-order valence-corrected chi connectivity index (χ4v) is 7.74. The summed E-state index contributed by atoms with van der Waals surface area (Å²) in [5.41, 5.74) is 15.8. The second-order valence-corrected chi connectivity index (χ2v) is 12.0. The van der Waals surface area contributed by atoms with Crippen molar-refractivity contribution in [2.24, 2.45) is 0 Å². The van der Waals surface area contributed by atoms with Gasteiger partial charge in [-0.2, -0.15) is 0 Å². The van der Waals surface area contributed by atoms with Gasteiger partial charge in [0, 0.05) is 34.1 Å². The number of para-hydroxylation sites is 2. The Balaban J connectivity index is 1.14. The second kappa shape index (κ2) is 9.28. The van der Waals surface area contributed by atoms with Crippen LogP contribution in [0.5, 0.6) is 0 Å². The van der Waals surface area contributed by atoms with E-state index in [0.29, 0.717) is 0 Å². The zero-order valence-corrected chi connectivity index (χ0v) is 24.4. The van der Waals surface area contributed by atoms with Gasteiger partial charge in [0.15, 0.2) is 0 Å². The number of benzene rings is 6. The van der Waals surface area contributed by atoms with E-state index in [1.807, 2.05) is 0 Å². The molecule has 0 bridgehead atoms. The number of aromatic nitrogens is 3. The molecule has 3 aromatic heterocycles. The minimum absolute atomic E-state index is 0.162.